The van der Waals surface area contributed by atoms with E-state index in [1.165, 1.54) is 0 Å². The Morgan fingerprint density at radius 1 is 1.00 bits per heavy atom. The third kappa shape index (κ3) is 5.23. The van der Waals surface area contributed by atoms with Crippen molar-refractivity contribution < 1.29 is 19.0 Å². The quantitative estimate of drug-likeness (QED) is 0.733. The van der Waals surface area contributed by atoms with E-state index in [9.17, 15) is 4.79 Å². The molecule has 0 bridgehead atoms. The maximum Gasteiger partial charge on any atom is 0.251 e. The van der Waals surface area contributed by atoms with Gasteiger partial charge in [0.05, 0.1) is 25.9 Å². The van der Waals surface area contributed by atoms with Gasteiger partial charge in [-0.25, -0.2) is 0 Å². The summed E-state index contributed by atoms with van der Waals surface area (Å²) in [6, 6.07) is 13.0. The fourth-order valence-electron chi connectivity index (χ4n) is 2.62. The van der Waals surface area contributed by atoms with Gasteiger partial charge in [-0.05, 0) is 56.2 Å². The molecule has 0 saturated carbocycles. The summed E-state index contributed by atoms with van der Waals surface area (Å²) in [4.78, 5) is 12.5. The number of carbonyl (C=O) groups excluding carboxylic acids is 1. The highest BCUT2D eigenvalue weighted by Crippen LogP contribution is 2.30. The van der Waals surface area contributed by atoms with Crippen LogP contribution in [0.3, 0.4) is 0 Å². The van der Waals surface area contributed by atoms with Gasteiger partial charge in [-0.1, -0.05) is 18.2 Å². The predicted octanol–water partition coefficient (Wildman–Crippen LogP) is 4.12. The molecule has 0 heterocycles. The molecule has 0 saturated heterocycles. The minimum Gasteiger partial charge on any atom is -0.490 e. The van der Waals surface area contributed by atoms with E-state index in [1.807, 2.05) is 51.1 Å². The molecule has 5 heteroatoms. The standard InChI is InChI=1S/C21H27NO4/c1-5-25-19-12-11-18(13-20(19)26-6-2)15(3)22-21(23)17-9-7-16(8-10-17)14-24-4/h7-13,15H,5-6,14H2,1-4H3,(H,22,23)/t15-/m0/s1. The Balaban J connectivity index is 2.09. The number of methoxy groups -OCH3 is 1. The average Bonchev–Trinajstić information content (AvgIpc) is 2.64. The van der Waals surface area contributed by atoms with Gasteiger partial charge in [-0.15, -0.1) is 0 Å². The number of nitrogens with one attached hydrogen (secondary N) is 1. The van der Waals surface area contributed by atoms with Crippen LogP contribution in [0.4, 0.5) is 0 Å². The van der Waals surface area contributed by atoms with Crippen molar-refractivity contribution in [2.75, 3.05) is 20.3 Å². The summed E-state index contributed by atoms with van der Waals surface area (Å²) in [5.74, 6) is 1.29. The highest BCUT2D eigenvalue weighted by atomic mass is 16.5. The van der Waals surface area contributed by atoms with Crippen molar-refractivity contribution in [3.63, 3.8) is 0 Å². The lowest BCUT2D eigenvalue weighted by molar-refractivity contribution is 0.0939. The van der Waals surface area contributed by atoms with Crippen LogP contribution in [0, 0.1) is 0 Å². The van der Waals surface area contributed by atoms with Crippen LogP contribution in [-0.4, -0.2) is 26.2 Å². The van der Waals surface area contributed by atoms with Crippen molar-refractivity contribution >= 4 is 5.91 Å². The zero-order valence-corrected chi connectivity index (χ0v) is 15.9. The van der Waals surface area contributed by atoms with Crippen LogP contribution in [0.25, 0.3) is 0 Å². The fourth-order valence-corrected chi connectivity index (χ4v) is 2.62. The topological polar surface area (TPSA) is 56.8 Å². The first kappa shape index (κ1) is 19.8. The lowest BCUT2D eigenvalue weighted by Crippen LogP contribution is -2.26. The average molecular weight is 357 g/mol. The molecule has 26 heavy (non-hydrogen) atoms. The van der Waals surface area contributed by atoms with Crippen molar-refractivity contribution in [1.29, 1.82) is 0 Å². The van der Waals surface area contributed by atoms with E-state index in [4.69, 9.17) is 14.2 Å². The molecule has 0 radical (unpaired) electrons. The van der Waals surface area contributed by atoms with Gasteiger partial charge in [0.1, 0.15) is 0 Å². The van der Waals surface area contributed by atoms with Crippen LogP contribution >= 0.6 is 0 Å². The normalized spacial score (nSPS) is 11.7. The number of hydrogen-bond acceptors (Lipinski definition) is 4. The van der Waals surface area contributed by atoms with Crippen LogP contribution in [-0.2, 0) is 11.3 Å². The Morgan fingerprint density at radius 3 is 2.27 bits per heavy atom. The van der Waals surface area contributed by atoms with E-state index in [-0.39, 0.29) is 11.9 Å². The Labute approximate surface area is 155 Å². The van der Waals surface area contributed by atoms with Crippen LogP contribution in [0.15, 0.2) is 42.5 Å². The molecule has 0 fully saturated rings. The molecule has 1 amide bonds. The van der Waals surface area contributed by atoms with Gasteiger partial charge in [-0.3, -0.25) is 4.79 Å². The molecule has 5 nitrogen and oxygen atoms in total. The van der Waals surface area contributed by atoms with Gasteiger partial charge in [-0.2, -0.15) is 0 Å². The molecule has 0 aliphatic carbocycles. The Bertz CT molecular complexity index is 712. The molecule has 0 aliphatic rings. The van der Waals surface area contributed by atoms with E-state index in [0.717, 1.165) is 11.1 Å². The summed E-state index contributed by atoms with van der Waals surface area (Å²) >= 11 is 0. The zero-order valence-electron chi connectivity index (χ0n) is 15.9. The first-order chi connectivity index (χ1) is 12.6. The van der Waals surface area contributed by atoms with Gasteiger partial charge < -0.3 is 19.5 Å². The molecule has 2 aromatic carbocycles. The molecule has 0 aliphatic heterocycles. The monoisotopic (exact) mass is 357 g/mol. The van der Waals surface area contributed by atoms with Crippen LogP contribution in [0.2, 0.25) is 0 Å². The van der Waals surface area contributed by atoms with Gasteiger partial charge in [0, 0.05) is 12.7 Å². The van der Waals surface area contributed by atoms with Crippen molar-refractivity contribution in [2.24, 2.45) is 0 Å². The first-order valence-electron chi connectivity index (χ1n) is 8.87. The van der Waals surface area contributed by atoms with Gasteiger partial charge in [0.2, 0.25) is 0 Å². The van der Waals surface area contributed by atoms with E-state index >= 15 is 0 Å². The fraction of sp³-hybridized carbons (Fsp3) is 0.381. The molecule has 1 N–H and O–H groups in total. The maximum atomic E-state index is 12.5. The Hall–Kier alpha value is -2.53. The Kier molecular flexibility index (Phi) is 7.48. The predicted molar refractivity (Wildman–Crippen MR) is 102 cm³/mol. The highest BCUT2D eigenvalue weighted by molar-refractivity contribution is 5.94. The minimum atomic E-state index is -0.156. The molecule has 0 spiro atoms. The zero-order chi connectivity index (χ0) is 18.9. The molecule has 0 unspecified atom stereocenters. The van der Waals surface area contributed by atoms with E-state index in [2.05, 4.69) is 5.32 Å². The molecular formula is C21H27NO4. The summed E-state index contributed by atoms with van der Waals surface area (Å²) in [6.45, 7) is 7.47. The maximum absolute atomic E-state index is 12.5. The molecular weight excluding hydrogens is 330 g/mol. The second-order valence-corrected chi connectivity index (χ2v) is 5.90. The van der Waals surface area contributed by atoms with Crippen LogP contribution in [0.1, 0.15) is 48.3 Å². The smallest absolute Gasteiger partial charge is 0.251 e. The summed E-state index contributed by atoms with van der Waals surface area (Å²) in [5, 5.41) is 3.02. The number of carbonyl (C=O) groups is 1. The van der Waals surface area contributed by atoms with E-state index in [0.29, 0.717) is 36.9 Å². The molecule has 1 atom stereocenters. The van der Waals surface area contributed by atoms with Crippen LogP contribution < -0.4 is 14.8 Å². The highest BCUT2D eigenvalue weighted by Gasteiger charge is 2.14. The summed E-state index contributed by atoms with van der Waals surface area (Å²) in [6.07, 6.45) is 0. The minimum absolute atomic E-state index is 0.117. The number of ether oxygens (including phenoxy) is 3. The van der Waals surface area contributed by atoms with Crippen molar-refractivity contribution in [3.05, 3.63) is 59.2 Å². The van der Waals surface area contributed by atoms with Gasteiger partial charge >= 0.3 is 0 Å². The van der Waals surface area contributed by atoms with E-state index < -0.39 is 0 Å². The third-order valence-electron chi connectivity index (χ3n) is 3.94. The summed E-state index contributed by atoms with van der Waals surface area (Å²) in [7, 11) is 1.65. The third-order valence-corrected chi connectivity index (χ3v) is 3.94. The van der Waals surface area contributed by atoms with Crippen LogP contribution in [0.5, 0.6) is 11.5 Å². The van der Waals surface area contributed by atoms with Gasteiger partial charge in [0.25, 0.3) is 5.91 Å². The summed E-state index contributed by atoms with van der Waals surface area (Å²) < 4.78 is 16.3. The SMILES string of the molecule is CCOc1ccc([C@H](C)NC(=O)c2ccc(COC)cc2)cc1OCC. The first-order valence-corrected chi connectivity index (χ1v) is 8.87. The van der Waals surface area contributed by atoms with Crippen molar-refractivity contribution in [3.8, 4) is 11.5 Å². The number of hydrogen-bond donors (Lipinski definition) is 1. The largest absolute Gasteiger partial charge is 0.490 e. The van der Waals surface area contributed by atoms with Gasteiger partial charge in [0.15, 0.2) is 11.5 Å². The van der Waals surface area contributed by atoms with Crippen molar-refractivity contribution in [2.45, 2.75) is 33.4 Å². The molecule has 2 aromatic rings. The molecule has 2 rings (SSSR count). The second kappa shape index (κ2) is 9.82. The number of amides is 1. The summed E-state index contributed by atoms with van der Waals surface area (Å²) in [5.41, 5.74) is 2.61. The second-order valence-electron chi connectivity index (χ2n) is 5.90. The lowest BCUT2D eigenvalue weighted by Gasteiger charge is -2.17. The lowest BCUT2D eigenvalue weighted by atomic mass is 10.1. The number of rotatable bonds is 9. The van der Waals surface area contributed by atoms with E-state index in [1.54, 1.807) is 19.2 Å². The van der Waals surface area contributed by atoms with Crippen molar-refractivity contribution in [1.82, 2.24) is 5.32 Å². The number of benzene rings is 2. The molecule has 140 valence electrons. The molecule has 0 aromatic heterocycles. The Morgan fingerprint density at radius 2 is 1.65 bits per heavy atom.